The molecule has 1 unspecified atom stereocenters. The summed E-state index contributed by atoms with van der Waals surface area (Å²) in [5.74, 6) is 3.69. The Labute approximate surface area is 133 Å². The summed E-state index contributed by atoms with van der Waals surface area (Å²) in [4.78, 5) is 16.4. The molecule has 1 fully saturated rings. The number of thioether (sulfide) groups is 2. The van der Waals surface area contributed by atoms with Crippen molar-refractivity contribution >= 4 is 41.0 Å². The molecule has 1 N–H and O–H groups in total. The third-order valence-electron chi connectivity index (χ3n) is 3.04. The second-order valence-corrected chi connectivity index (χ2v) is 7.98. The average molecular weight is 331 g/mol. The highest BCUT2D eigenvalue weighted by Gasteiger charge is 2.16. The van der Waals surface area contributed by atoms with Crippen molar-refractivity contribution in [2.45, 2.75) is 25.0 Å². The maximum absolute atomic E-state index is 12.2. The van der Waals surface area contributed by atoms with Crippen molar-refractivity contribution in [3.8, 4) is 0 Å². The van der Waals surface area contributed by atoms with E-state index in [0.717, 1.165) is 11.4 Å². The summed E-state index contributed by atoms with van der Waals surface area (Å²) in [6.07, 6.45) is 0. The van der Waals surface area contributed by atoms with Gasteiger partial charge in [0.1, 0.15) is 5.15 Å². The van der Waals surface area contributed by atoms with Crippen LogP contribution in [0.15, 0.2) is 12.1 Å². The van der Waals surface area contributed by atoms with Gasteiger partial charge >= 0.3 is 0 Å². The molecule has 0 spiro atoms. The Morgan fingerprint density at radius 2 is 2.30 bits per heavy atom. The van der Waals surface area contributed by atoms with Crippen LogP contribution < -0.4 is 5.32 Å². The van der Waals surface area contributed by atoms with Crippen molar-refractivity contribution in [1.29, 1.82) is 0 Å². The number of hydrogen-bond donors (Lipinski definition) is 1. The summed E-state index contributed by atoms with van der Waals surface area (Å²) in [5, 5.41) is 3.89. The first-order valence-electron chi connectivity index (χ1n) is 6.71. The van der Waals surface area contributed by atoms with E-state index < -0.39 is 0 Å². The Bertz CT molecular complexity index is 476. The van der Waals surface area contributed by atoms with Gasteiger partial charge < -0.3 is 5.32 Å². The Balaban J connectivity index is 1.97. The molecule has 1 amide bonds. The first-order valence-corrected chi connectivity index (χ1v) is 9.29. The van der Waals surface area contributed by atoms with Crippen molar-refractivity contribution in [1.82, 2.24) is 10.3 Å². The number of pyridine rings is 1. The zero-order valence-corrected chi connectivity index (χ0v) is 14.1. The van der Waals surface area contributed by atoms with Gasteiger partial charge in [0.15, 0.2) is 0 Å². The second-order valence-electron chi connectivity index (χ2n) is 5.04. The molecule has 1 aliphatic rings. The van der Waals surface area contributed by atoms with Crippen LogP contribution in [0.2, 0.25) is 5.15 Å². The highest BCUT2D eigenvalue weighted by Crippen LogP contribution is 2.23. The molecule has 0 aliphatic carbocycles. The van der Waals surface area contributed by atoms with Gasteiger partial charge in [-0.3, -0.25) is 4.79 Å². The summed E-state index contributed by atoms with van der Waals surface area (Å²) in [5.41, 5.74) is 1.45. The lowest BCUT2D eigenvalue weighted by Crippen LogP contribution is -2.33. The average Bonchev–Trinajstić information content (AvgIpc) is 2.45. The lowest BCUT2D eigenvalue weighted by Gasteiger charge is -2.21. The largest absolute Gasteiger partial charge is 0.351 e. The Morgan fingerprint density at radius 3 is 2.95 bits per heavy atom. The van der Waals surface area contributed by atoms with Gasteiger partial charge in [0.25, 0.3) is 5.91 Å². The molecular formula is C14H19ClN2OS2. The lowest BCUT2D eigenvalue weighted by molar-refractivity contribution is 0.0954. The maximum atomic E-state index is 12.2. The van der Waals surface area contributed by atoms with Crippen molar-refractivity contribution in [3.05, 3.63) is 28.5 Å². The molecule has 0 saturated carbocycles. The number of amides is 1. The summed E-state index contributed by atoms with van der Waals surface area (Å²) >= 11 is 9.88. The summed E-state index contributed by atoms with van der Waals surface area (Å²) < 4.78 is 0. The van der Waals surface area contributed by atoms with Gasteiger partial charge in [-0.15, -0.1) is 0 Å². The van der Waals surface area contributed by atoms with E-state index in [9.17, 15) is 4.79 Å². The number of aromatic nitrogens is 1. The second kappa shape index (κ2) is 7.57. The number of rotatable bonds is 4. The molecule has 1 aromatic rings. The summed E-state index contributed by atoms with van der Waals surface area (Å²) in [7, 11) is 0. The molecule has 0 bridgehead atoms. The minimum Gasteiger partial charge on any atom is -0.351 e. The maximum Gasteiger partial charge on any atom is 0.251 e. The first-order chi connectivity index (χ1) is 9.56. The van der Waals surface area contributed by atoms with Crippen LogP contribution in [0.25, 0.3) is 0 Å². The first kappa shape index (κ1) is 16.0. The van der Waals surface area contributed by atoms with Crippen LogP contribution in [0.1, 0.15) is 35.8 Å². The topological polar surface area (TPSA) is 42.0 Å². The molecule has 110 valence electrons. The summed E-state index contributed by atoms with van der Waals surface area (Å²) in [6, 6.07) is 3.46. The highest BCUT2D eigenvalue weighted by molar-refractivity contribution is 8.06. The lowest BCUT2D eigenvalue weighted by atomic mass is 10.1. The normalized spacial score (nSPS) is 19.1. The van der Waals surface area contributed by atoms with Gasteiger partial charge in [0.05, 0.1) is 0 Å². The third kappa shape index (κ3) is 4.57. The van der Waals surface area contributed by atoms with E-state index in [0.29, 0.717) is 22.5 Å². The number of hydrogen-bond acceptors (Lipinski definition) is 4. The molecule has 1 aromatic heterocycles. The predicted octanol–water partition coefficient (Wildman–Crippen LogP) is 3.44. The molecule has 2 rings (SSSR count). The van der Waals surface area contributed by atoms with E-state index in [1.54, 1.807) is 6.07 Å². The number of halogens is 1. The van der Waals surface area contributed by atoms with Crippen LogP contribution in [-0.2, 0) is 0 Å². The molecule has 0 aromatic carbocycles. The number of carbonyl (C=O) groups excluding carboxylic acids is 1. The minimum absolute atomic E-state index is 0.0626. The van der Waals surface area contributed by atoms with Crippen molar-refractivity contribution < 1.29 is 4.79 Å². The van der Waals surface area contributed by atoms with Gasteiger partial charge in [-0.25, -0.2) is 4.98 Å². The third-order valence-corrected chi connectivity index (χ3v) is 6.08. The van der Waals surface area contributed by atoms with Gasteiger partial charge in [-0.1, -0.05) is 25.4 Å². The smallest absolute Gasteiger partial charge is 0.251 e. The molecule has 0 radical (unpaired) electrons. The van der Waals surface area contributed by atoms with Crippen LogP contribution >= 0.6 is 35.1 Å². The minimum atomic E-state index is -0.0626. The molecule has 1 aliphatic heterocycles. The van der Waals surface area contributed by atoms with Crippen LogP contribution in [0, 0.1) is 0 Å². The van der Waals surface area contributed by atoms with E-state index in [-0.39, 0.29) is 11.8 Å². The fourth-order valence-electron chi connectivity index (χ4n) is 1.91. The van der Waals surface area contributed by atoms with E-state index in [1.807, 2.05) is 43.4 Å². The van der Waals surface area contributed by atoms with E-state index in [2.05, 4.69) is 10.3 Å². The SMILES string of the molecule is CC(C)c1cc(C(=O)NCC2CSCCS2)cc(Cl)n1. The molecule has 1 saturated heterocycles. The number of nitrogens with zero attached hydrogens (tertiary/aromatic N) is 1. The Kier molecular flexibility index (Phi) is 6.05. The zero-order chi connectivity index (χ0) is 14.5. The van der Waals surface area contributed by atoms with E-state index in [4.69, 9.17) is 11.6 Å². The van der Waals surface area contributed by atoms with Crippen molar-refractivity contribution in [2.24, 2.45) is 0 Å². The van der Waals surface area contributed by atoms with Gasteiger partial charge in [-0.05, 0) is 18.1 Å². The van der Waals surface area contributed by atoms with Crippen LogP contribution in [0.3, 0.4) is 0 Å². The molecule has 6 heteroatoms. The molecular weight excluding hydrogens is 312 g/mol. The fraction of sp³-hybridized carbons (Fsp3) is 0.571. The Morgan fingerprint density at radius 1 is 1.50 bits per heavy atom. The quantitative estimate of drug-likeness (QED) is 0.859. The number of carbonyl (C=O) groups is 1. The number of nitrogens with one attached hydrogen (secondary N) is 1. The molecule has 2 heterocycles. The summed E-state index contributed by atoms with van der Waals surface area (Å²) in [6.45, 7) is 4.79. The van der Waals surface area contributed by atoms with Gasteiger partial charge in [-0.2, -0.15) is 23.5 Å². The predicted molar refractivity (Wildman–Crippen MR) is 89.2 cm³/mol. The van der Waals surface area contributed by atoms with Gasteiger partial charge in [0, 0.05) is 40.3 Å². The van der Waals surface area contributed by atoms with Crippen LogP contribution in [0.4, 0.5) is 0 Å². The van der Waals surface area contributed by atoms with Crippen LogP contribution in [0.5, 0.6) is 0 Å². The Hall–Kier alpha value is -0.390. The van der Waals surface area contributed by atoms with Crippen molar-refractivity contribution in [3.63, 3.8) is 0 Å². The van der Waals surface area contributed by atoms with E-state index >= 15 is 0 Å². The molecule has 1 atom stereocenters. The monoisotopic (exact) mass is 330 g/mol. The molecule has 20 heavy (non-hydrogen) atoms. The van der Waals surface area contributed by atoms with E-state index in [1.165, 1.54) is 11.5 Å². The highest BCUT2D eigenvalue weighted by atomic mass is 35.5. The van der Waals surface area contributed by atoms with Gasteiger partial charge in [0.2, 0.25) is 0 Å². The zero-order valence-electron chi connectivity index (χ0n) is 11.7. The fourth-order valence-corrected chi connectivity index (χ4v) is 4.73. The van der Waals surface area contributed by atoms with Crippen LogP contribution in [-0.4, -0.2) is 39.9 Å². The molecule has 3 nitrogen and oxygen atoms in total. The standard InChI is InChI=1S/C14H19ClN2OS2/c1-9(2)12-5-10(6-13(15)17-12)14(18)16-7-11-8-19-3-4-20-11/h5-6,9,11H,3-4,7-8H2,1-2H3,(H,16,18). The van der Waals surface area contributed by atoms with Crippen molar-refractivity contribution in [2.75, 3.05) is 23.8 Å².